The lowest BCUT2D eigenvalue weighted by Gasteiger charge is -2.24. The molecule has 0 atom stereocenters. The van der Waals surface area contributed by atoms with Crippen LogP contribution in [0.5, 0.6) is 0 Å². The molecule has 2 rings (SSSR count). The van der Waals surface area contributed by atoms with Gasteiger partial charge in [-0.05, 0) is 51.1 Å². The van der Waals surface area contributed by atoms with Gasteiger partial charge in [-0.3, -0.25) is 0 Å². The van der Waals surface area contributed by atoms with E-state index in [0.717, 1.165) is 17.2 Å². The van der Waals surface area contributed by atoms with E-state index in [9.17, 15) is 4.39 Å². The standard InChI is InChI=1S/C16H21FN2O/c1-11(2)19(4)16-8-6-13(9-15(16)17)18-10-14-7-5-12(3)20-14/h5-9,11,18H,10H2,1-4H3. The second-order valence-corrected chi connectivity index (χ2v) is 5.24. The van der Waals surface area contributed by atoms with Crippen molar-refractivity contribution in [3.8, 4) is 0 Å². The molecule has 1 heterocycles. The minimum Gasteiger partial charge on any atom is -0.465 e. The van der Waals surface area contributed by atoms with Gasteiger partial charge in [0, 0.05) is 18.8 Å². The molecule has 1 N–H and O–H groups in total. The molecule has 0 spiro atoms. The Morgan fingerprint density at radius 3 is 2.55 bits per heavy atom. The van der Waals surface area contributed by atoms with Gasteiger partial charge in [-0.1, -0.05) is 0 Å². The SMILES string of the molecule is Cc1ccc(CNc2ccc(N(C)C(C)C)c(F)c2)o1. The molecule has 4 heteroatoms. The molecule has 0 aliphatic heterocycles. The lowest BCUT2D eigenvalue weighted by Crippen LogP contribution is -2.26. The number of anilines is 2. The summed E-state index contributed by atoms with van der Waals surface area (Å²) in [5, 5.41) is 3.16. The Labute approximate surface area is 119 Å². The predicted octanol–water partition coefficient (Wildman–Crippen LogP) is 4.18. The molecule has 0 fully saturated rings. The number of benzene rings is 1. The number of halogens is 1. The average Bonchev–Trinajstić information content (AvgIpc) is 2.81. The van der Waals surface area contributed by atoms with E-state index >= 15 is 0 Å². The topological polar surface area (TPSA) is 28.4 Å². The molecule has 1 aromatic heterocycles. The van der Waals surface area contributed by atoms with Crippen LogP contribution in [0.2, 0.25) is 0 Å². The van der Waals surface area contributed by atoms with Gasteiger partial charge < -0.3 is 14.6 Å². The highest BCUT2D eigenvalue weighted by Gasteiger charge is 2.11. The van der Waals surface area contributed by atoms with Crippen LogP contribution in [0.4, 0.5) is 15.8 Å². The molecule has 0 amide bonds. The average molecular weight is 276 g/mol. The first-order chi connectivity index (χ1) is 9.47. The van der Waals surface area contributed by atoms with E-state index in [0.29, 0.717) is 12.2 Å². The van der Waals surface area contributed by atoms with Crippen LogP contribution in [-0.4, -0.2) is 13.1 Å². The third kappa shape index (κ3) is 3.32. The molecule has 0 bridgehead atoms. The maximum absolute atomic E-state index is 14.1. The maximum atomic E-state index is 14.1. The summed E-state index contributed by atoms with van der Waals surface area (Å²) in [6, 6.07) is 9.29. The molecular weight excluding hydrogens is 255 g/mol. The summed E-state index contributed by atoms with van der Waals surface area (Å²) in [7, 11) is 1.89. The van der Waals surface area contributed by atoms with Crippen molar-refractivity contribution in [2.24, 2.45) is 0 Å². The summed E-state index contributed by atoms with van der Waals surface area (Å²) in [5.41, 5.74) is 1.36. The van der Waals surface area contributed by atoms with Crippen LogP contribution in [0.1, 0.15) is 25.4 Å². The van der Waals surface area contributed by atoms with E-state index in [1.807, 2.05) is 50.9 Å². The molecule has 3 nitrogen and oxygen atoms in total. The van der Waals surface area contributed by atoms with Crippen LogP contribution >= 0.6 is 0 Å². The molecule has 1 aromatic carbocycles. The number of nitrogens with zero attached hydrogens (tertiary/aromatic N) is 1. The number of nitrogens with one attached hydrogen (secondary N) is 1. The maximum Gasteiger partial charge on any atom is 0.148 e. The molecule has 20 heavy (non-hydrogen) atoms. The first-order valence-corrected chi connectivity index (χ1v) is 6.79. The predicted molar refractivity (Wildman–Crippen MR) is 80.7 cm³/mol. The molecule has 2 aromatic rings. The molecule has 0 unspecified atom stereocenters. The van der Waals surface area contributed by atoms with Crippen LogP contribution in [0, 0.1) is 12.7 Å². The van der Waals surface area contributed by atoms with Crippen LogP contribution in [-0.2, 0) is 6.54 Å². The van der Waals surface area contributed by atoms with Crippen LogP contribution < -0.4 is 10.2 Å². The van der Waals surface area contributed by atoms with E-state index in [4.69, 9.17) is 4.42 Å². The number of hydrogen-bond donors (Lipinski definition) is 1. The first-order valence-electron chi connectivity index (χ1n) is 6.79. The Balaban J connectivity index is 2.05. The Kier molecular flexibility index (Phi) is 4.32. The van der Waals surface area contributed by atoms with Crippen molar-refractivity contribution >= 4 is 11.4 Å². The normalized spacial score (nSPS) is 10.9. The second kappa shape index (κ2) is 5.99. The van der Waals surface area contributed by atoms with Crippen molar-refractivity contribution < 1.29 is 8.81 Å². The first kappa shape index (κ1) is 14.4. The largest absolute Gasteiger partial charge is 0.465 e. The quantitative estimate of drug-likeness (QED) is 0.888. The van der Waals surface area contributed by atoms with Gasteiger partial charge >= 0.3 is 0 Å². The molecule has 0 aliphatic carbocycles. The van der Waals surface area contributed by atoms with Crippen molar-refractivity contribution in [3.05, 3.63) is 47.7 Å². The molecule has 0 saturated carbocycles. The second-order valence-electron chi connectivity index (χ2n) is 5.24. The minimum absolute atomic E-state index is 0.221. The van der Waals surface area contributed by atoms with Crippen molar-refractivity contribution in [2.75, 3.05) is 17.3 Å². The number of furan rings is 1. The monoisotopic (exact) mass is 276 g/mol. The molecule has 0 aliphatic rings. The summed E-state index contributed by atoms with van der Waals surface area (Å²) >= 11 is 0. The van der Waals surface area contributed by atoms with Gasteiger partial charge in [0.25, 0.3) is 0 Å². The van der Waals surface area contributed by atoms with Crippen molar-refractivity contribution in [1.82, 2.24) is 0 Å². The van der Waals surface area contributed by atoms with Crippen molar-refractivity contribution in [2.45, 2.75) is 33.4 Å². The minimum atomic E-state index is -0.221. The van der Waals surface area contributed by atoms with E-state index in [-0.39, 0.29) is 11.9 Å². The highest BCUT2D eigenvalue weighted by molar-refractivity contribution is 5.56. The van der Waals surface area contributed by atoms with Crippen molar-refractivity contribution in [1.29, 1.82) is 0 Å². The van der Waals surface area contributed by atoms with E-state index in [1.165, 1.54) is 6.07 Å². The van der Waals surface area contributed by atoms with Gasteiger partial charge in [0.05, 0.1) is 12.2 Å². The zero-order chi connectivity index (χ0) is 14.7. The summed E-state index contributed by atoms with van der Waals surface area (Å²) in [5.74, 6) is 1.50. The smallest absolute Gasteiger partial charge is 0.148 e. The van der Waals surface area contributed by atoms with Crippen LogP contribution in [0.15, 0.2) is 34.7 Å². The van der Waals surface area contributed by atoms with Crippen LogP contribution in [0.3, 0.4) is 0 Å². The third-order valence-corrected chi connectivity index (χ3v) is 3.37. The number of aryl methyl sites for hydroxylation is 1. The van der Waals surface area contributed by atoms with Gasteiger partial charge in [0.2, 0.25) is 0 Å². The van der Waals surface area contributed by atoms with E-state index < -0.39 is 0 Å². The summed E-state index contributed by atoms with van der Waals surface area (Å²) in [6.45, 7) is 6.52. The Hall–Kier alpha value is -1.97. The van der Waals surface area contributed by atoms with Gasteiger partial charge in [-0.2, -0.15) is 0 Å². The van der Waals surface area contributed by atoms with Gasteiger partial charge in [-0.25, -0.2) is 4.39 Å². The van der Waals surface area contributed by atoms with Gasteiger partial charge in [-0.15, -0.1) is 0 Å². The van der Waals surface area contributed by atoms with Gasteiger partial charge in [0.15, 0.2) is 0 Å². The summed E-state index contributed by atoms with van der Waals surface area (Å²) in [6.07, 6.45) is 0. The molecule has 0 saturated heterocycles. The highest BCUT2D eigenvalue weighted by Crippen LogP contribution is 2.23. The zero-order valence-corrected chi connectivity index (χ0v) is 12.4. The zero-order valence-electron chi connectivity index (χ0n) is 12.4. The fourth-order valence-corrected chi connectivity index (χ4v) is 1.95. The highest BCUT2D eigenvalue weighted by atomic mass is 19.1. The Morgan fingerprint density at radius 1 is 1.25 bits per heavy atom. The van der Waals surface area contributed by atoms with Crippen LogP contribution in [0.25, 0.3) is 0 Å². The number of rotatable bonds is 5. The van der Waals surface area contributed by atoms with E-state index in [1.54, 1.807) is 6.07 Å². The molecular formula is C16H21FN2O. The Bertz CT molecular complexity index is 578. The fourth-order valence-electron chi connectivity index (χ4n) is 1.95. The third-order valence-electron chi connectivity index (χ3n) is 3.37. The Morgan fingerprint density at radius 2 is 2.00 bits per heavy atom. The lowest BCUT2D eigenvalue weighted by atomic mass is 10.2. The van der Waals surface area contributed by atoms with E-state index in [2.05, 4.69) is 5.32 Å². The number of hydrogen-bond acceptors (Lipinski definition) is 3. The summed E-state index contributed by atoms with van der Waals surface area (Å²) < 4.78 is 19.6. The van der Waals surface area contributed by atoms with Gasteiger partial charge in [0.1, 0.15) is 17.3 Å². The van der Waals surface area contributed by atoms with Crippen molar-refractivity contribution in [3.63, 3.8) is 0 Å². The molecule has 0 radical (unpaired) electrons. The fraction of sp³-hybridized carbons (Fsp3) is 0.375. The molecule has 108 valence electrons. The lowest BCUT2D eigenvalue weighted by molar-refractivity contribution is 0.490. The summed E-state index contributed by atoms with van der Waals surface area (Å²) in [4.78, 5) is 1.91.